The molecule has 1 atom stereocenters. The Balaban J connectivity index is 2.61. The molecule has 0 aliphatic carbocycles. The molecule has 0 bridgehead atoms. The molecule has 1 aromatic heterocycles. The fourth-order valence-electron chi connectivity index (χ4n) is 2.76. The Labute approximate surface area is 137 Å². The second-order valence-corrected chi connectivity index (χ2v) is 6.25. The van der Waals surface area contributed by atoms with E-state index in [1.807, 2.05) is 12.3 Å². The smallest absolute Gasteiger partial charge is 0.306 e. The highest BCUT2D eigenvalue weighted by Gasteiger charge is 2.25. The Hall–Kier alpha value is -2.06. The molecule has 4 N–H and O–H groups in total. The van der Waals surface area contributed by atoms with E-state index in [-0.39, 0.29) is 18.7 Å². The van der Waals surface area contributed by atoms with Crippen LogP contribution in [-0.2, 0) is 11.2 Å². The van der Waals surface area contributed by atoms with Crippen LogP contribution in [0.4, 0.5) is 5.69 Å². The third-order valence-electron chi connectivity index (χ3n) is 3.91. The number of carbonyl (C=O) groups is 1. The zero-order valence-corrected chi connectivity index (χ0v) is 13.8. The van der Waals surface area contributed by atoms with E-state index in [1.54, 1.807) is 6.92 Å². The molecule has 8 heteroatoms. The van der Waals surface area contributed by atoms with E-state index in [2.05, 4.69) is 4.98 Å². The van der Waals surface area contributed by atoms with E-state index in [0.717, 1.165) is 10.6 Å². The molecule has 0 saturated carbocycles. The summed E-state index contributed by atoms with van der Waals surface area (Å²) in [7, 11) is 0. The van der Waals surface area contributed by atoms with Gasteiger partial charge in [-0.05, 0) is 44.2 Å². The Morgan fingerprint density at radius 1 is 1.52 bits per heavy atom. The van der Waals surface area contributed by atoms with E-state index < -0.39 is 16.8 Å². The number of nitrogens with two attached hydrogens (primary N) is 1. The third kappa shape index (κ3) is 3.48. The Kier molecular flexibility index (Phi) is 5.27. The Morgan fingerprint density at radius 2 is 2.22 bits per heavy atom. The van der Waals surface area contributed by atoms with Crippen molar-refractivity contribution in [3.63, 3.8) is 0 Å². The molecular formula is C15H19N3O4S. The number of fused-ring (bicyclic) bond motifs is 1. The second-order valence-electron chi connectivity index (χ2n) is 5.37. The molecule has 7 nitrogen and oxygen atoms in total. The normalized spacial score (nSPS) is 12.5. The predicted molar refractivity (Wildman–Crippen MR) is 90.0 cm³/mol. The predicted octanol–water partition coefficient (Wildman–Crippen LogP) is 2.70. The first-order chi connectivity index (χ1) is 10.9. The highest BCUT2D eigenvalue weighted by atomic mass is 32.2. The fourth-order valence-corrected chi connectivity index (χ4v) is 3.22. The number of aliphatic carboxylic acids is 1. The van der Waals surface area contributed by atoms with E-state index in [0.29, 0.717) is 22.9 Å². The van der Waals surface area contributed by atoms with Gasteiger partial charge in [-0.25, -0.2) is 0 Å². The number of aromatic amines is 1. The van der Waals surface area contributed by atoms with Crippen LogP contribution in [0.15, 0.2) is 17.0 Å². The van der Waals surface area contributed by atoms with E-state index in [4.69, 9.17) is 5.73 Å². The number of hydrogen-bond donors (Lipinski definition) is 3. The summed E-state index contributed by atoms with van der Waals surface area (Å²) in [5.74, 6) is -1.59. The second kappa shape index (κ2) is 7.01. The van der Waals surface area contributed by atoms with Gasteiger partial charge in [0.15, 0.2) is 0 Å². The Morgan fingerprint density at radius 3 is 2.74 bits per heavy atom. The van der Waals surface area contributed by atoms with Gasteiger partial charge in [-0.15, -0.1) is 11.8 Å². The van der Waals surface area contributed by atoms with Gasteiger partial charge in [-0.3, -0.25) is 14.9 Å². The van der Waals surface area contributed by atoms with Crippen molar-refractivity contribution >= 4 is 34.3 Å². The van der Waals surface area contributed by atoms with Gasteiger partial charge in [0.25, 0.3) is 5.69 Å². The van der Waals surface area contributed by atoms with Gasteiger partial charge >= 0.3 is 5.97 Å². The van der Waals surface area contributed by atoms with Gasteiger partial charge < -0.3 is 15.8 Å². The average Bonchev–Trinajstić information content (AvgIpc) is 2.81. The topological polar surface area (TPSA) is 122 Å². The van der Waals surface area contributed by atoms with Crippen LogP contribution in [0.5, 0.6) is 0 Å². The number of carboxylic acids is 1. The van der Waals surface area contributed by atoms with Crippen LogP contribution in [0.25, 0.3) is 10.9 Å². The van der Waals surface area contributed by atoms with Crippen molar-refractivity contribution in [1.29, 1.82) is 0 Å². The van der Waals surface area contributed by atoms with E-state index in [9.17, 15) is 20.0 Å². The number of benzene rings is 1. The van der Waals surface area contributed by atoms with Crippen molar-refractivity contribution in [3.8, 4) is 0 Å². The molecule has 0 saturated heterocycles. The summed E-state index contributed by atoms with van der Waals surface area (Å²) in [5.41, 5.74) is 7.58. The first-order valence-corrected chi connectivity index (χ1v) is 8.38. The molecule has 23 heavy (non-hydrogen) atoms. The number of nitro groups is 1. The summed E-state index contributed by atoms with van der Waals surface area (Å²) in [4.78, 5) is 26.3. The molecule has 0 amide bonds. The van der Waals surface area contributed by atoms with Crippen LogP contribution < -0.4 is 5.73 Å². The number of nitrogens with one attached hydrogen (secondary N) is 1. The number of H-pyrrole nitrogens is 1. The molecule has 1 aromatic carbocycles. The van der Waals surface area contributed by atoms with Gasteiger partial charge in [-0.2, -0.15) is 0 Å². The van der Waals surface area contributed by atoms with Crippen LogP contribution in [0.3, 0.4) is 0 Å². The maximum absolute atomic E-state index is 11.4. The van der Waals surface area contributed by atoms with Crippen molar-refractivity contribution < 1.29 is 14.8 Å². The quantitative estimate of drug-likeness (QED) is 0.405. The van der Waals surface area contributed by atoms with Crippen LogP contribution in [0, 0.1) is 23.0 Å². The Bertz CT molecular complexity index is 757. The minimum Gasteiger partial charge on any atom is -0.481 e. The number of nitrogens with zero attached hydrogens (tertiary/aromatic N) is 1. The summed E-state index contributed by atoms with van der Waals surface area (Å²) in [6.45, 7) is 2.07. The van der Waals surface area contributed by atoms with Crippen LogP contribution >= 0.6 is 11.8 Å². The minimum atomic E-state index is -0.937. The zero-order chi connectivity index (χ0) is 17.1. The molecule has 0 aliphatic rings. The van der Waals surface area contributed by atoms with Crippen molar-refractivity contribution in [2.24, 2.45) is 11.7 Å². The number of hydrogen-bond acceptors (Lipinski definition) is 5. The van der Waals surface area contributed by atoms with Crippen LogP contribution in [-0.4, -0.2) is 33.8 Å². The van der Waals surface area contributed by atoms with Crippen LogP contribution in [0.1, 0.15) is 17.7 Å². The van der Waals surface area contributed by atoms with Crippen molar-refractivity contribution in [2.75, 3.05) is 12.8 Å². The number of non-ortho nitro benzene ring substituents is 1. The van der Waals surface area contributed by atoms with Gasteiger partial charge in [0.1, 0.15) is 0 Å². The van der Waals surface area contributed by atoms with Crippen molar-refractivity contribution in [3.05, 3.63) is 33.5 Å². The van der Waals surface area contributed by atoms with Gasteiger partial charge in [0.2, 0.25) is 0 Å². The molecule has 1 heterocycles. The van der Waals surface area contributed by atoms with Gasteiger partial charge in [0.05, 0.1) is 21.7 Å². The van der Waals surface area contributed by atoms with Crippen molar-refractivity contribution in [1.82, 2.24) is 4.98 Å². The monoisotopic (exact) mass is 337 g/mol. The zero-order valence-electron chi connectivity index (χ0n) is 13.0. The molecule has 0 radical (unpaired) electrons. The average molecular weight is 337 g/mol. The number of thioether (sulfide) groups is 1. The van der Waals surface area contributed by atoms with E-state index >= 15 is 0 Å². The fraction of sp³-hybridized carbons (Fsp3) is 0.400. The highest BCUT2D eigenvalue weighted by molar-refractivity contribution is 7.98. The molecule has 2 aromatic rings. The number of nitro benzene ring substituents is 1. The van der Waals surface area contributed by atoms with Gasteiger partial charge in [0, 0.05) is 16.7 Å². The molecule has 0 aliphatic heterocycles. The molecule has 1 unspecified atom stereocenters. The highest BCUT2D eigenvalue weighted by Crippen LogP contribution is 2.36. The lowest BCUT2D eigenvalue weighted by molar-refractivity contribution is -0.383. The summed E-state index contributed by atoms with van der Waals surface area (Å²) >= 11 is 1.42. The molecule has 124 valence electrons. The van der Waals surface area contributed by atoms with Crippen LogP contribution in [0.2, 0.25) is 0 Å². The van der Waals surface area contributed by atoms with Crippen molar-refractivity contribution in [2.45, 2.75) is 24.7 Å². The third-order valence-corrected chi connectivity index (χ3v) is 4.62. The van der Waals surface area contributed by atoms with E-state index in [1.165, 1.54) is 17.8 Å². The summed E-state index contributed by atoms with van der Waals surface area (Å²) < 4.78 is 0. The number of rotatable bonds is 7. The maximum Gasteiger partial charge on any atom is 0.306 e. The lowest BCUT2D eigenvalue weighted by Crippen LogP contribution is -2.20. The standard InChI is InChI=1S/C15H19N3O4S/c1-8-11(5-9(3-4-16)15(19)20)14-12(17-8)6-10(23-2)7-13(14)18(21)22/h6-7,9,17H,3-5,16H2,1-2H3,(H,19,20). The largest absolute Gasteiger partial charge is 0.481 e. The first-order valence-electron chi connectivity index (χ1n) is 7.15. The molecular weight excluding hydrogens is 318 g/mol. The molecule has 0 spiro atoms. The summed E-state index contributed by atoms with van der Waals surface area (Å²) in [6, 6.07) is 3.38. The maximum atomic E-state index is 11.4. The summed E-state index contributed by atoms with van der Waals surface area (Å²) in [6.07, 6.45) is 2.40. The SMILES string of the molecule is CSc1cc([N+](=O)[O-])c2c(CC(CCN)C(=O)O)c(C)[nH]c2c1. The lowest BCUT2D eigenvalue weighted by atomic mass is 9.94. The molecule has 2 rings (SSSR count). The number of aromatic nitrogens is 1. The van der Waals surface area contributed by atoms with Gasteiger partial charge in [-0.1, -0.05) is 0 Å². The summed E-state index contributed by atoms with van der Waals surface area (Å²) in [5, 5.41) is 21.3. The minimum absolute atomic E-state index is 0.00286. The molecule has 0 fully saturated rings. The number of aryl methyl sites for hydroxylation is 1. The number of carboxylic acid groups (broad SMARTS) is 1. The lowest BCUT2D eigenvalue weighted by Gasteiger charge is -2.11. The first kappa shape index (κ1) is 17.3.